The number of carboxylic acid groups (broad SMARTS) is 1. The van der Waals surface area contributed by atoms with Crippen LogP contribution in [-0.2, 0) is 23.9 Å². The van der Waals surface area contributed by atoms with E-state index in [0.717, 1.165) is 0 Å². The van der Waals surface area contributed by atoms with Crippen molar-refractivity contribution in [2.75, 3.05) is 6.26 Å². The van der Waals surface area contributed by atoms with E-state index in [2.05, 4.69) is 0 Å². The van der Waals surface area contributed by atoms with Gasteiger partial charge in [0.1, 0.15) is 8.67 Å². The van der Waals surface area contributed by atoms with Crippen LogP contribution in [0.4, 0.5) is 0 Å². The molecule has 2 spiro atoms. The minimum absolute atomic E-state index is 0.442. The lowest BCUT2D eigenvalue weighted by Gasteiger charge is -2.56. The number of carbonyl (C=O) groups excluding carboxylic acids is 2. The van der Waals surface area contributed by atoms with Gasteiger partial charge in [-0.05, 0) is 32.1 Å². The third-order valence-corrected chi connectivity index (χ3v) is 7.60. The van der Waals surface area contributed by atoms with Gasteiger partial charge in [0, 0.05) is 6.08 Å². The zero-order valence-corrected chi connectivity index (χ0v) is 15.0. The summed E-state index contributed by atoms with van der Waals surface area (Å²) >= 11 is 3.12. The highest BCUT2D eigenvalue weighted by atomic mass is 127. The van der Waals surface area contributed by atoms with Crippen LogP contribution in [0.2, 0.25) is 0 Å². The number of halogens is 1. The van der Waals surface area contributed by atoms with E-state index in [1.165, 1.54) is 17.8 Å². The molecule has 0 aromatic heterocycles. The standard InChI is InChI=1S/C14H15IO6S/c1-12(22-2,11(18)19)9-8(15)10(17)21-14(9)6-5-13(14)4-3-7(16)20-13/h3-4,8-9H,5-6H2,1-2H3,(H,18,19)/t8-,9+,12-,13?,14?/m1/s1. The van der Waals surface area contributed by atoms with Gasteiger partial charge in [-0.15, -0.1) is 11.8 Å². The number of carbonyl (C=O) groups is 3. The van der Waals surface area contributed by atoms with Crippen LogP contribution in [0.25, 0.3) is 0 Å². The van der Waals surface area contributed by atoms with Crippen LogP contribution in [-0.4, -0.2) is 49.1 Å². The highest BCUT2D eigenvalue weighted by molar-refractivity contribution is 14.1. The van der Waals surface area contributed by atoms with E-state index in [9.17, 15) is 19.5 Å². The quantitative estimate of drug-likeness (QED) is 0.406. The normalized spacial score (nSPS) is 42.1. The third kappa shape index (κ3) is 1.76. The summed E-state index contributed by atoms with van der Waals surface area (Å²) in [6.45, 7) is 1.60. The van der Waals surface area contributed by atoms with Gasteiger partial charge in [-0.2, -0.15) is 0 Å². The van der Waals surface area contributed by atoms with Gasteiger partial charge in [-0.1, -0.05) is 22.6 Å². The van der Waals surface area contributed by atoms with Crippen LogP contribution >= 0.6 is 34.4 Å². The number of hydrogen-bond acceptors (Lipinski definition) is 6. The summed E-state index contributed by atoms with van der Waals surface area (Å²) in [6.07, 6.45) is 5.67. The first kappa shape index (κ1) is 16.1. The van der Waals surface area contributed by atoms with E-state index in [4.69, 9.17) is 9.47 Å². The van der Waals surface area contributed by atoms with Crippen LogP contribution in [0.1, 0.15) is 19.8 Å². The Kier molecular flexibility index (Phi) is 3.56. The predicted molar refractivity (Wildman–Crippen MR) is 86.9 cm³/mol. The molecule has 2 aliphatic heterocycles. The molecule has 1 saturated heterocycles. The Balaban J connectivity index is 2.11. The number of alkyl halides is 1. The number of ether oxygens (including phenoxy) is 2. The molecule has 3 aliphatic rings. The number of rotatable bonds is 3. The fraction of sp³-hybridized carbons (Fsp3) is 0.643. The maximum atomic E-state index is 12.2. The van der Waals surface area contributed by atoms with Crippen LogP contribution < -0.4 is 0 Å². The summed E-state index contributed by atoms with van der Waals surface area (Å²) in [5, 5.41) is 9.72. The van der Waals surface area contributed by atoms with Crippen LogP contribution in [0, 0.1) is 5.92 Å². The number of carboxylic acids is 1. The molecule has 1 N–H and O–H groups in total. The number of esters is 2. The zero-order chi connectivity index (χ0) is 16.3. The molecule has 120 valence electrons. The molecule has 1 saturated carbocycles. The first-order valence-electron chi connectivity index (χ1n) is 6.80. The van der Waals surface area contributed by atoms with Crippen molar-refractivity contribution < 1.29 is 29.0 Å². The molecule has 0 radical (unpaired) electrons. The van der Waals surface area contributed by atoms with E-state index in [1.54, 1.807) is 19.3 Å². The second-order valence-electron chi connectivity index (χ2n) is 5.95. The lowest BCUT2D eigenvalue weighted by Crippen LogP contribution is -2.70. The minimum atomic E-state index is -1.21. The largest absolute Gasteiger partial charge is 0.480 e. The molecule has 8 heteroatoms. The Hall–Kier alpha value is -0.770. The molecule has 0 bridgehead atoms. The SMILES string of the molecule is CS[C@@](C)(C(=O)O)[C@@H]1[C@@H](I)C(=O)OC12CCC21C=CC(=O)O1. The molecule has 22 heavy (non-hydrogen) atoms. The van der Waals surface area contributed by atoms with Gasteiger partial charge < -0.3 is 14.6 Å². The van der Waals surface area contributed by atoms with Gasteiger partial charge in [-0.3, -0.25) is 9.59 Å². The van der Waals surface area contributed by atoms with E-state index < -0.39 is 43.7 Å². The second-order valence-corrected chi connectivity index (χ2v) is 8.55. The minimum Gasteiger partial charge on any atom is -0.480 e. The molecule has 0 aromatic carbocycles. The third-order valence-electron chi connectivity index (χ3n) is 5.10. The molecular weight excluding hydrogens is 423 g/mol. The number of aliphatic carboxylic acids is 1. The van der Waals surface area contributed by atoms with Gasteiger partial charge in [-0.25, -0.2) is 4.79 Å². The molecule has 5 atom stereocenters. The highest BCUT2D eigenvalue weighted by Crippen LogP contribution is 2.63. The first-order valence-corrected chi connectivity index (χ1v) is 9.27. The number of fused-ring (bicyclic) bond motifs is 1. The van der Waals surface area contributed by atoms with Crippen molar-refractivity contribution in [3.8, 4) is 0 Å². The Morgan fingerprint density at radius 1 is 1.45 bits per heavy atom. The Bertz CT molecular complexity index is 606. The van der Waals surface area contributed by atoms with Gasteiger partial charge in [0.25, 0.3) is 0 Å². The summed E-state index contributed by atoms with van der Waals surface area (Å²) in [5.41, 5.74) is -2.11. The maximum Gasteiger partial charge on any atom is 0.331 e. The zero-order valence-electron chi connectivity index (χ0n) is 12.0. The first-order chi connectivity index (χ1) is 10.2. The lowest BCUT2D eigenvalue weighted by molar-refractivity contribution is -0.230. The Labute approximate surface area is 145 Å². The number of hydrogen-bond donors (Lipinski definition) is 1. The molecule has 2 unspecified atom stereocenters. The molecule has 2 fully saturated rings. The monoisotopic (exact) mass is 438 g/mol. The van der Waals surface area contributed by atoms with Crippen molar-refractivity contribution in [3.63, 3.8) is 0 Å². The van der Waals surface area contributed by atoms with Gasteiger partial charge in [0.15, 0.2) is 11.2 Å². The van der Waals surface area contributed by atoms with Crippen LogP contribution in [0.15, 0.2) is 12.2 Å². The summed E-state index contributed by atoms with van der Waals surface area (Å²) in [7, 11) is 0. The van der Waals surface area contributed by atoms with Crippen molar-refractivity contribution >= 4 is 52.3 Å². The van der Waals surface area contributed by atoms with Crippen molar-refractivity contribution in [3.05, 3.63) is 12.2 Å². The topological polar surface area (TPSA) is 89.9 Å². The van der Waals surface area contributed by atoms with E-state index in [1.807, 2.05) is 22.6 Å². The molecule has 2 heterocycles. The Morgan fingerprint density at radius 3 is 2.55 bits per heavy atom. The molecule has 6 nitrogen and oxygen atoms in total. The molecular formula is C14H15IO6S. The second kappa shape index (κ2) is 4.86. The summed E-state index contributed by atoms with van der Waals surface area (Å²) < 4.78 is 9.26. The van der Waals surface area contributed by atoms with Crippen LogP contribution in [0.3, 0.4) is 0 Å². The van der Waals surface area contributed by atoms with E-state index >= 15 is 0 Å². The summed E-state index contributed by atoms with van der Waals surface area (Å²) in [5.74, 6) is -2.51. The average molecular weight is 438 g/mol. The van der Waals surface area contributed by atoms with Crippen molar-refractivity contribution in [1.29, 1.82) is 0 Å². The van der Waals surface area contributed by atoms with Gasteiger partial charge in [0.05, 0.1) is 5.92 Å². The molecule has 0 amide bonds. The fourth-order valence-electron chi connectivity index (χ4n) is 3.73. The van der Waals surface area contributed by atoms with E-state index in [-0.39, 0.29) is 0 Å². The number of thioether (sulfide) groups is 1. The maximum absolute atomic E-state index is 12.2. The molecule has 0 aromatic rings. The van der Waals surface area contributed by atoms with Crippen LogP contribution in [0.5, 0.6) is 0 Å². The van der Waals surface area contributed by atoms with E-state index in [0.29, 0.717) is 12.8 Å². The highest BCUT2D eigenvalue weighted by Gasteiger charge is 2.77. The van der Waals surface area contributed by atoms with Crippen molar-refractivity contribution in [1.82, 2.24) is 0 Å². The summed E-state index contributed by atoms with van der Waals surface area (Å²) in [6, 6.07) is 0. The van der Waals surface area contributed by atoms with Crippen molar-refractivity contribution in [2.24, 2.45) is 5.92 Å². The molecule has 1 aliphatic carbocycles. The fourth-order valence-corrected chi connectivity index (χ4v) is 6.16. The predicted octanol–water partition coefficient (Wildman–Crippen LogP) is 1.55. The lowest BCUT2D eigenvalue weighted by atomic mass is 9.57. The Morgan fingerprint density at radius 2 is 2.14 bits per heavy atom. The smallest absolute Gasteiger partial charge is 0.331 e. The average Bonchev–Trinajstić information content (AvgIpc) is 3.00. The van der Waals surface area contributed by atoms with Gasteiger partial charge >= 0.3 is 17.9 Å². The molecule has 3 rings (SSSR count). The summed E-state index contributed by atoms with van der Waals surface area (Å²) in [4.78, 5) is 35.6. The van der Waals surface area contributed by atoms with Gasteiger partial charge in [0.2, 0.25) is 0 Å². The van der Waals surface area contributed by atoms with Crippen molar-refractivity contribution in [2.45, 2.75) is 39.6 Å².